The molecule has 96 valence electrons. The van der Waals surface area contributed by atoms with Gasteiger partial charge < -0.3 is 5.32 Å². The van der Waals surface area contributed by atoms with Gasteiger partial charge in [0.05, 0.1) is 11.3 Å². The van der Waals surface area contributed by atoms with E-state index in [4.69, 9.17) is 5.26 Å². The highest BCUT2D eigenvalue weighted by atomic mass is 79.9. The topological polar surface area (TPSA) is 35.8 Å². The third-order valence-corrected chi connectivity index (χ3v) is 3.00. The summed E-state index contributed by atoms with van der Waals surface area (Å²) in [5.41, 5.74) is 1.56. The second-order valence-corrected chi connectivity index (χ2v) is 4.85. The molecule has 0 aliphatic heterocycles. The number of nitriles is 1. The van der Waals surface area contributed by atoms with Crippen molar-refractivity contribution in [3.05, 3.63) is 63.6 Å². The molecule has 0 unspecified atom stereocenters. The fraction of sp³-hybridized carbons (Fsp3) is 0.0714. The lowest BCUT2D eigenvalue weighted by Gasteiger charge is -2.09. The highest BCUT2D eigenvalue weighted by molar-refractivity contribution is 9.10. The van der Waals surface area contributed by atoms with Crippen LogP contribution in [-0.4, -0.2) is 0 Å². The standard InChI is InChI=1S/C14H9BrF2N2/c15-11-2-1-10(7-18)14(5-11)19-8-9-3-12(16)6-13(17)4-9/h1-6,19H,8H2. The van der Waals surface area contributed by atoms with Crippen LogP contribution in [0, 0.1) is 23.0 Å². The van der Waals surface area contributed by atoms with Gasteiger partial charge in [0.25, 0.3) is 0 Å². The maximum Gasteiger partial charge on any atom is 0.126 e. The van der Waals surface area contributed by atoms with Crippen LogP contribution in [0.25, 0.3) is 0 Å². The Kier molecular flexibility index (Phi) is 4.13. The lowest BCUT2D eigenvalue weighted by Crippen LogP contribution is -2.02. The van der Waals surface area contributed by atoms with Crippen molar-refractivity contribution >= 4 is 21.6 Å². The summed E-state index contributed by atoms with van der Waals surface area (Å²) >= 11 is 3.31. The molecule has 0 amide bonds. The highest BCUT2D eigenvalue weighted by Crippen LogP contribution is 2.21. The minimum Gasteiger partial charge on any atom is -0.380 e. The van der Waals surface area contributed by atoms with E-state index in [9.17, 15) is 8.78 Å². The molecule has 0 heterocycles. The molecule has 2 aromatic carbocycles. The van der Waals surface area contributed by atoms with Crippen LogP contribution in [0.15, 0.2) is 40.9 Å². The van der Waals surface area contributed by atoms with E-state index in [1.807, 2.05) is 0 Å². The molecule has 2 rings (SSSR count). The van der Waals surface area contributed by atoms with E-state index >= 15 is 0 Å². The van der Waals surface area contributed by atoms with E-state index in [-0.39, 0.29) is 6.54 Å². The number of hydrogen-bond acceptors (Lipinski definition) is 2. The lowest BCUT2D eigenvalue weighted by atomic mass is 10.1. The zero-order chi connectivity index (χ0) is 13.8. The molecule has 0 atom stereocenters. The van der Waals surface area contributed by atoms with Gasteiger partial charge in [-0.05, 0) is 35.9 Å². The van der Waals surface area contributed by atoms with Gasteiger partial charge in [-0.25, -0.2) is 8.78 Å². The first-order chi connectivity index (χ1) is 9.08. The average Bonchev–Trinajstić information content (AvgIpc) is 2.35. The van der Waals surface area contributed by atoms with Crippen molar-refractivity contribution in [1.29, 1.82) is 5.26 Å². The molecule has 5 heteroatoms. The Morgan fingerprint density at radius 2 is 1.79 bits per heavy atom. The summed E-state index contributed by atoms with van der Waals surface area (Å²) in [6.07, 6.45) is 0. The van der Waals surface area contributed by atoms with Gasteiger partial charge in [-0.1, -0.05) is 15.9 Å². The second kappa shape index (κ2) is 5.81. The van der Waals surface area contributed by atoms with Crippen molar-refractivity contribution in [2.75, 3.05) is 5.32 Å². The second-order valence-electron chi connectivity index (χ2n) is 3.93. The third kappa shape index (κ3) is 3.52. The van der Waals surface area contributed by atoms with Crippen molar-refractivity contribution in [3.63, 3.8) is 0 Å². The Balaban J connectivity index is 2.19. The van der Waals surface area contributed by atoms with E-state index in [0.29, 0.717) is 16.8 Å². The van der Waals surface area contributed by atoms with E-state index in [0.717, 1.165) is 10.5 Å². The van der Waals surface area contributed by atoms with Crippen LogP contribution in [0.4, 0.5) is 14.5 Å². The number of benzene rings is 2. The van der Waals surface area contributed by atoms with Gasteiger partial charge in [0.2, 0.25) is 0 Å². The average molecular weight is 323 g/mol. The molecule has 0 saturated carbocycles. The largest absolute Gasteiger partial charge is 0.380 e. The van der Waals surface area contributed by atoms with Gasteiger partial charge in [-0.3, -0.25) is 0 Å². The predicted octanol–water partition coefficient (Wildman–Crippen LogP) is 4.21. The maximum absolute atomic E-state index is 13.0. The number of halogens is 3. The predicted molar refractivity (Wildman–Crippen MR) is 72.5 cm³/mol. The molecule has 0 saturated heterocycles. The minimum atomic E-state index is -0.619. The first-order valence-corrected chi connectivity index (χ1v) is 6.26. The molecule has 0 aliphatic carbocycles. The summed E-state index contributed by atoms with van der Waals surface area (Å²) in [6.45, 7) is 0.236. The molecule has 2 aromatic rings. The van der Waals surface area contributed by atoms with Crippen molar-refractivity contribution in [1.82, 2.24) is 0 Å². The molecule has 0 radical (unpaired) electrons. The molecule has 2 nitrogen and oxygen atoms in total. The summed E-state index contributed by atoms with van der Waals surface area (Å²) in [7, 11) is 0. The van der Waals surface area contributed by atoms with Crippen molar-refractivity contribution < 1.29 is 8.78 Å². The van der Waals surface area contributed by atoms with E-state index < -0.39 is 11.6 Å². The Hall–Kier alpha value is -1.93. The first-order valence-electron chi connectivity index (χ1n) is 5.47. The van der Waals surface area contributed by atoms with Crippen LogP contribution < -0.4 is 5.32 Å². The van der Waals surface area contributed by atoms with Crippen LogP contribution in [0.3, 0.4) is 0 Å². The van der Waals surface area contributed by atoms with Crippen molar-refractivity contribution in [2.24, 2.45) is 0 Å². The Morgan fingerprint density at radius 3 is 2.42 bits per heavy atom. The van der Waals surface area contributed by atoms with E-state index in [1.165, 1.54) is 12.1 Å². The van der Waals surface area contributed by atoms with Gasteiger partial charge in [-0.2, -0.15) is 5.26 Å². The number of hydrogen-bond donors (Lipinski definition) is 1. The van der Waals surface area contributed by atoms with Gasteiger partial charge >= 0.3 is 0 Å². The molecule has 0 fully saturated rings. The molecule has 19 heavy (non-hydrogen) atoms. The Morgan fingerprint density at radius 1 is 1.11 bits per heavy atom. The summed E-state index contributed by atoms with van der Waals surface area (Å²) < 4.78 is 26.9. The lowest BCUT2D eigenvalue weighted by molar-refractivity contribution is 0.580. The highest BCUT2D eigenvalue weighted by Gasteiger charge is 2.04. The molecular weight excluding hydrogens is 314 g/mol. The molecule has 1 N–H and O–H groups in total. The smallest absolute Gasteiger partial charge is 0.126 e. The van der Waals surface area contributed by atoms with Crippen molar-refractivity contribution in [2.45, 2.75) is 6.54 Å². The van der Waals surface area contributed by atoms with E-state index in [1.54, 1.807) is 18.2 Å². The quantitative estimate of drug-likeness (QED) is 0.918. The van der Waals surface area contributed by atoms with Gasteiger partial charge in [0.1, 0.15) is 17.7 Å². The molecule has 0 aliphatic rings. The minimum absolute atomic E-state index is 0.236. The summed E-state index contributed by atoms with van der Waals surface area (Å²) in [5.74, 6) is -1.24. The fourth-order valence-electron chi connectivity index (χ4n) is 1.67. The van der Waals surface area contributed by atoms with Crippen LogP contribution in [0.5, 0.6) is 0 Å². The summed E-state index contributed by atoms with van der Waals surface area (Å²) in [6, 6.07) is 10.5. The van der Waals surface area contributed by atoms with Crippen LogP contribution in [0.2, 0.25) is 0 Å². The third-order valence-electron chi connectivity index (χ3n) is 2.51. The number of anilines is 1. The zero-order valence-electron chi connectivity index (χ0n) is 9.75. The monoisotopic (exact) mass is 322 g/mol. The van der Waals surface area contributed by atoms with Crippen LogP contribution >= 0.6 is 15.9 Å². The maximum atomic E-state index is 13.0. The molecule has 0 bridgehead atoms. The zero-order valence-corrected chi connectivity index (χ0v) is 11.3. The van der Waals surface area contributed by atoms with Crippen LogP contribution in [0.1, 0.15) is 11.1 Å². The van der Waals surface area contributed by atoms with Crippen molar-refractivity contribution in [3.8, 4) is 6.07 Å². The Bertz CT molecular complexity index is 630. The SMILES string of the molecule is N#Cc1ccc(Br)cc1NCc1cc(F)cc(F)c1. The molecule has 0 aromatic heterocycles. The van der Waals surface area contributed by atoms with Gasteiger partial charge in [0.15, 0.2) is 0 Å². The van der Waals surface area contributed by atoms with Crippen LogP contribution in [-0.2, 0) is 6.54 Å². The summed E-state index contributed by atoms with van der Waals surface area (Å²) in [5, 5.41) is 12.0. The van der Waals surface area contributed by atoms with E-state index in [2.05, 4.69) is 27.3 Å². The fourth-order valence-corrected chi connectivity index (χ4v) is 2.03. The molecule has 0 spiro atoms. The van der Waals surface area contributed by atoms with Gasteiger partial charge in [-0.15, -0.1) is 0 Å². The van der Waals surface area contributed by atoms with Gasteiger partial charge in [0, 0.05) is 17.1 Å². The number of nitrogens with zero attached hydrogens (tertiary/aromatic N) is 1. The number of rotatable bonds is 3. The number of nitrogens with one attached hydrogen (secondary N) is 1. The normalized spacial score (nSPS) is 10.0. The Labute approximate surface area is 117 Å². The molecular formula is C14H9BrF2N2. The summed E-state index contributed by atoms with van der Waals surface area (Å²) in [4.78, 5) is 0. The first kappa shape index (κ1) is 13.5.